The molecule has 5 rings (SSSR count). The zero-order valence-electron chi connectivity index (χ0n) is 18.7. The van der Waals surface area contributed by atoms with Gasteiger partial charge in [-0.05, 0) is 37.0 Å². The minimum atomic E-state index is -0.142. The number of allylic oxidation sites excluding steroid dienone is 1. The van der Waals surface area contributed by atoms with E-state index in [-0.39, 0.29) is 5.56 Å². The number of hydrogen-bond acceptors (Lipinski definition) is 8. The van der Waals surface area contributed by atoms with Crippen LogP contribution >= 0.6 is 11.3 Å². The number of thiophene rings is 1. The molecule has 0 saturated carbocycles. The van der Waals surface area contributed by atoms with Gasteiger partial charge in [0.1, 0.15) is 11.2 Å². The predicted octanol–water partition coefficient (Wildman–Crippen LogP) is 3.03. The van der Waals surface area contributed by atoms with E-state index in [9.17, 15) is 4.79 Å². The molecule has 9 nitrogen and oxygen atoms in total. The fraction of sp³-hybridized carbons (Fsp3) is 0.304. The largest absolute Gasteiger partial charge is 0.354 e. The molecule has 33 heavy (non-hydrogen) atoms. The molecular weight excluding hydrogens is 436 g/mol. The Bertz CT molecular complexity index is 1350. The van der Waals surface area contributed by atoms with Crippen LogP contribution in [0, 0.1) is 6.92 Å². The lowest BCUT2D eigenvalue weighted by atomic mass is 10.2. The lowest BCUT2D eigenvalue weighted by Crippen LogP contribution is -2.45. The number of pyridine rings is 1. The van der Waals surface area contributed by atoms with Crippen LogP contribution in [0.2, 0.25) is 0 Å². The molecule has 4 aromatic rings. The standard InChI is InChI=1S/C23H26N8OS/c1-4-6-30-22(32)19-14-25-23(27-21(19)31(30)18-5-11-33-15-18)26-17-12-16(2)20(24-13-17)29-9-7-28(3)8-10-29/h4-5,11-15H,1,6-10H2,2-3H3,(H,25,26,27). The molecule has 1 aliphatic heterocycles. The Balaban J connectivity index is 1.47. The second kappa shape index (κ2) is 8.80. The van der Waals surface area contributed by atoms with Crippen molar-refractivity contribution in [1.82, 2.24) is 29.2 Å². The van der Waals surface area contributed by atoms with Gasteiger partial charge in [-0.1, -0.05) is 6.08 Å². The first-order chi connectivity index (χ1) is 16.0. The number of aryl methyl sites for hydroxylation is 1. The molecular formula is C23H26N8OS. The Morgan fingerprint density at radius 1 is 1.21 bits per heavy atom. The van der Waals surface area contributed by atoms with Crippen molar-refractivity contribution >= 4 is 39.8 Å². The topological polar surface area (TPSA) is 84.1 Å². The summed E-state index contributed by atoms with van der Waals surface area (Å²) in [6.07, 6.45) is 5.09. The third-order valence-electron chi connectivity index (χ3n) is 5.84. The highest BCUT2D eigenvalue weighted by molar-refractivity contribution is 7.08. The molecule has 5 heterocycles. The van der Waals surface area contributed by atoms with Gasteiger partial charge >= 0.3 is 0 Å². The fourth-order valence-corrected chi connectivity index (χ4v) is 4.74. The first kappa shape index (κ1) is 21.4. The third-order valence-corrected chi connectivity index (χ3v) is 6.51. The van der Waals surface area contributed by atoms with Gasteiger partial charge in [0.2, 0.25) is 5.95 Å². The number of anilines is 3. The molecule has 0 aliphatic carbocycles. The summed E-state index contributed by atoms with van der Waals surface area (Å²) in [5.41, 5.74) is 3.19. The van der Waals surface area contributed by atoms with Crippen LogP contribution in [-0.2, 0) is 6.54 Å². The SMILES string of the molecule is C=CCn1c(=O)c2cnc(Nc3cnc(N4CCN(C)CC4)c(C)c3)nc2n1-c1ccsc1. The van der Waals surface area contributed by atoms with E-state index in [1.165, 1.54) is 0 Å². The summed E-state index contributed by atoms with van der Waals surface area (Å²) in [4.78, 5) is 31.4. The van der Waals surface area contributed by atoms with E-state index in [1.54, 1.807) is 28.3 Å². The maximum Gasteiger partial charge on any atom is 0.278 e. The summed E-state index contributed by atoms with van der Waals surface area (Å²) < 4.78 is 3.44. The summed E-state index contributed by atoms with van der Waals surface area (Å²) in [7, 11) is 2.14. The van der Waals surface area contributed by atoms with E-state index in [4.69, 9.17) is 4.98 Å². The lowest BCUT2D eigenvalue weighted by Gasteiger charge is -2.34. The second-order valence-electron chi connectivity index (χ2n) is 8.18. The molecule has 0 atom stereocenters. The molecule has 0 spiro atoms. The quantitative estimate of drug-likeness (QED) is 0.441. The van der Waals surface area contributed by atoms with Gasteiger partial charge in [0.05, 0.1) is 24.1 Å². The van der Waals surface area contributed by atoms with Crippen molar-refractivity contribution < 1.29 is 0 Å². The summed E-state index contributed by atoms with van der Waals surface area (Å²) in [5, 5.41) is 7.68. The molecule has 10 heteroatoms. The summed E-state index contributed by atoms with van der Waals surface area (Å²) in [6.45, 7) is 10.2. The molecule has 4 aromatic heterocycles. The van der Waals surface area contributed by atoms with Gasteiger partial charge in [-0.25, -0.2) is 19.3 Å². The first-order valence-corrected chi connectivity index (χ1v) is 11.8. The average Bonchev–Trinajstić information content (AvgIpc) is 3.42. The zero-order chi connectivity index (χ0) is 22.9. The predicted molar refractivity (Wildman–Crippen MR) is 133 cm³/mol. The van der Waals surface area contributed by atoms with Crippen LogP contribution in [0.15, 0.2) is 52.7 Å². The van der Waals surface area contributed by atoms with Crippen LogP contribution in [0.4, 0.5) is 17.5 Å². The number of piperazine rings is 1. The Kier molecular flexibility index (Phi) is 5.69. The smallest absolute Gasteiger partial charge is 0.278 e. The summed E-state index contributed by atoms with van der Waals surface area (Å²) >= 11 is 1.56. The van der Waals surface area contributed by atoms with Crippen LogP contribution in [0.25, 0.3) is 16.7 Å². The van der Waals surface area contributed by atoms with Gasteiger partial charge < -0.3 is 15.1 Å². The van der Waals surface area contributed by atoms with Crippen LogP contribution in [0.1, 0.15) is 5.56 Å². The Morgan fingerprint density at radius 2 is 2.03 bits per heavy atom. The minimum Gasteiger partial charge on any atom is -0.354 e. The highest BCUT2D eigenvalue weighted by Crippen LogP contribution is 2.24. The van der Waals surface area contributed by atoms with Crippen molar-refractivity contribution in [3.63, 3.8) is 0 Å². The average molecular weight is 463 g/mol. The highest BCUT2D eigenvalue weighted by Gasteiger charge is 2.19. The van der Waals surface area contributed by atoms with Gasteiger partial charge in [-0.2, -0.15) is 16.3 Å². The van der Waals surface area contributed by atoms with E-state index < -0.39 is 0 Å². The number of hydrogen-bond donors (Lipinski definition) is 1. The maximum absolute atomic E-state index is 12.9. The number of rotatable bonds is 6. The molecule has 1 aliphatic rings. The normalized spacial score (nSPS) is 14.7. The molecule has 0 amide bonds. The fourth-order valence-electron chi connectivity index (χ4n) is 4.13. The molecule has 1 fully saturated rings. The Labute approximate surface area is 195 Å². The van der Waals surface area contributed by atoms with Crippen molar-refractivity contribution in [3.8, 4) is 5.69 Å². The Hall–Kier alpha value is -3.50. The van der Waals surface area contributed by atoms with Gasteiger partial charge in [-0.15, -0.1) is 6.58 Å². The molecule has 0 aromatic carbocycles. The van der Waals surface area contributed by atoms with E-state index in [0.717, 1.165) is 48.9 Å². The number of nitrogens with zero attached hydrogens (tertiary/aromatic N) is 7. The van der Waals surface area contributed by atoms with Gasteiger partial charge in [0.25, 0.3) is 5.56 Å². The summed E-state index contributed by atoms with van der Waals surface area (Å²) in [5.74, 6) is 1.42. The van der Waals surface area contributed by atoms with E-state index in [1.807, 2.05) is 27.7 Å². The van der Waals surface area contributed by atoms with Crippen LogP contribution in [-0.4, -0.2) is 62.4 Å². The van der Waals surface area contributed by atoms with Crippen molar-refractivity contribution in [3.05, 3.63) is 63.9 Å². The third kappa shape index (κ3) is 4.03. The van der Waals surface area contributed by atoms with Crippen molar-refractivity contribution in [2.45, 2.75) is 13.5 Å². The van der Waals surface area contributed by atoms with Crippen molar-refractivity contribution in [1.29, 1.82) is 0 Å². The van der Waals surface area contributed by atoms with Crippen LogP contribution in [0.5, 0.6) is 0 Å². The second-order valence-corrected chi connectivity index (χ2v) is 8.96. The molecule has 1 saturated heterocycles. The van der Waals surface area contributed by atoms with Gasteiger partial charge in [0.15, 0.2) is 5.65 Å². The minimum absolute atomic E-state index is 0.142. The Morgan fingerprint density at radius 3 is 2.73 bits per heavy atom. The zero-order valence-corrected chi connectivity index (χ0v) is 19.5. The van der Waals surface area contributed by atoms with Crippen molar-refractivity contribution in [2.24, 2.45) is 0 Å². The van der Waals surface area contributed by atoms with E-state index >= 15 is 0 Å². The molecule has 0 bridgehead atoms. The molecule has 170 valence electrons. The first-order valence-electron chi connectivity index (χ1n) is 10.8. The molecule has 1 N–H and O–H groups in total. The molecule has 0 radical (unpaired) electrons. The number of nitrogens with one attached hydrogen (secondary N) is 1. The highest BCUT2D eigenvalue weighted by atomic mass is 32.1. The van der Waals surface area contributed by atoms with Crippen LogP contribution in [0.3, 0.4) is 0 Å². The van der Waals surface area contributed by atoms with Crippen molar-refractivity contribution in [2.75, 3.05) is 43.4 Å². The van der Waals surface area contributed by atoms with Gasteiger partial charge in [-0.3, -0.25) is 4.79 Å². The van der Waals surface area contributed by atoms with E-state index in [0.29, 0.717) is 23.5 Å². The monoisotopic (exact) mass is 462 g/mol. The number of likely N-dealkylation sites (N-methyl/N-ethyl adjacent to an activating group) is 1. The van der Waals surface area contributed by atoms with E-state index in [2.05, 4.69) is 51.7 Å². The van der Waals surface area contributed by atoms with Gasteiger partial charge in [0, 0.05) is 37.8 Å². The number of aromatic nitrogens is 5. The van der Waals surface area contributed by atoms with Crippen LogP contribution < -0.4 is 15.8 Å². The number of fused-ring (bicyclic) bond motifs is 1. The lowest BCUT2D eigenvalue weighted by molar-refractivity contribution is 0.312. The maximum atomic E-state index is 12.9. The summed E-state index contributed by atoms with van der Waals surface area (Å²) in [6, 6.07) is 4.02. The molecule has 0 unspecified atom stereocenters.